The molecule has 0 aromatic heterocycles. The summed E-state index contributed by atoms with van der Waals surface area (Å²) in [6.07, 6.45) is 0.222. The predicted molar refractivity (Wildman–Crippen MR) is 114 cm³/mol. The Morgan fingerprint density at radius 3 is 2.20 bits per heavy atom. The van der Waals surface area contributed by atoms with E-state index in [1.54, 1.807) is 7.05 Å². The molecule has 2 N–H and O–H groups in total. The Bertz CT molecular complexity index is 945. The molecule has 0 atom stereocenters. The summed E-state index contributed by atoms with van der Waals surface area (Å²) in [5.74, 6) is -0.439. The van der Waals surface area contributed by atoms with E-state index >= 15 is 0 Å². The Morgan fingerprint density at radius 1 is 1.00 bits per heavy atom. The third kappa shape index (κ3) is 5.02. The zero-order valence-corrected chi connectivity index (χ0v) is 17.1. The summed E-state index contributed by atoms with van der Waals surface area (Å²) in [6, 6.07) is 10.4. The van der Waals surface area contributed by atoms with Crippen LogP contribution >= 0.6 is 0 Å². The van der Waals surface area contributed by atoms with Gasteiger partial charge in [0.25, 0.3) is 0 Å². The van der Waals surface area contributed by atoms with E-state index in [0.717, 1.165) is 29.0 Å². The van der Waals surface area contributed by atoms with Crippen LogP contribution in [0, 0.1) is 0 Å². The lowest BCUT2D eigenvalue weighted by Crippen LogP contribution is -2.11. The van der Waals surface area contributed by atoms with Gasteiger partial charge in [0, 0.05) is 29.4 Å². The monoisotopic (exact) mass is 417 g/mol. The fraction of sp³-hybridized carbons (Fsp3) is 0.348. The molecule has 0 bridgehead atoms. The van der Waals surface area contributed by atoms with E-state index in [1.807, 2.05) is 30.3 Å². The van der Waals surface area contributed by atoms with E-state index in [1.165, 1.54) is 32.0 Å². The number of aliphatic imine (C=N–C) groups is 1. The fourth-order valence-corrected chi connectivity index (χ4v) is 3.60. The van der Waals surface area contributed by atoms with Gasteiger partial charge in [0.05, 0.1) is 17.8 Å². The highest BCUT2D eigenvalue weighted by atomic mass is 19.4. The van der Waals surface area contributed by atoms with Gasteiger partial charge >= 0.3 is 6.18 Å². The molecular formula is C23H26F3N3O. The summed E-state index contributed by atoms with van der Waals surface area (Å²) in [5.41, 5.74) is 2.39. The lowest BCUT2D eigenvalue weighted by atomic mass is 9.95. The number of fused-ring (bicyclic) bond motifs is 1. The van der Waals surface area contributed by atoms with Gasteiger partial charge in [-0.2, -0.15) is 13.2 Å². The van der Waals surface area contributed by atoms with Gasteiger partial charge in [0.15, 0.2) is 0 Å². The number of nitrogens with zero attached hydrogens (tertiary/aromatic N) is 2. The van der Waals surface area contributed by atoms with Crippen LogP contribution in [0.4, 0.5) is 13.2 Å². The molecule has 2 aliphatic heterocycles. The smallest absolute Gasteiger partial charge is 0.416 e. The normalized spacial score (nSPS) is 16.6. The molecule has 30 heavy (non-hydrogen) atoms. The fourth-order valence-electron chi connectivity index (χ4n) is 3.60. The van der Waals surface area contributed by atoms with Crippen LogP contribution in [0.1, 0.15) is 35.1 Å². The third-order valence-corrected chi connectivity index (χ3v) is 5.20. The van der Waals surface area contributed by atoms with Crippen molar-refractivity contribution in [3.8, 4) is 5.75 Å². The van der Waals surface area contributed by atoms with Crippen LogP contribution in [0.3, 0.4) is 0 Å². The van der Waals surface area contributed by atoms with Crippen molar-refractivity contribution in [2.24, 2.45) is 4.99 Å². The molecule has 0 radical (unpaired) electrons. The Morgan fingerprint density at radius 2 is 1.67 bits per heavy atom. The zero-order chi connectivity index (χ0) is 21.7. The molecule has 0 unspecified atom stereocenters. The van der Waals surface area contributed by atoms with Crippen LogP contribution in [0.25, 0.3) is 5.70 Å². The van der Waals surface area contributed by atoms with Gasteiger partial charge in [0.1, 0.15) is 5.75 Å². The van der Waals surface area contributed by atoms with E-state index in [0.29, 0.717) is 12.3 Å². The molecule has 0 aliphatic carbocycles. The van der Waals surface area contributed by atoms with Gasteiger partial charge in [-0.1, -0.05) is 24.3 Å². The largest absolute Gasteiger partial charge is 0.507 e. The number of aromatic hydroxyl groups is 1. The average Bonchev–Trinajstić information content (AvgIpc) is 3.11. The molecule has 2 heterocycles. The topological polar surface area (TPSA) is 47.9 Å². The summed E-state index contributed by atoms with van der Waals surface area (Å²) in [6.45, 7) is 3.00. The van der Waals surface area contributed by atoms with Crippen molar-refractivity contribution in [1.29, 1.82) is 0 Å². The first-order valence-corrected chi connectivity index (χ1v) is 9.92. The minimum atomic E-state index is -4.50. The third-order valence-electron chi connectivity index (χ3n) is 5.20. The molecule has 4 nitrogen and oxygen atoms in total. The van der Waals surface area contributed by atoms with Crippen LogP contribution in [0.15, 0.2) is 53.5 Å². The number of rotatable bonds is 2. The molecule has 1 fully saturated rings. The van der Waals surface area contributed by atoms with E-state index < -0.39 is 17.5 Å². The number of alkyl halides is 3. The molecule has 0 spiro atoms. The van der Waals surface area contributed by atoms with Gasteiger partial charge in [0.2, 0.25) is 0 Å². The standard InChI is InChI=1S/C18H15F3N2O.C5H11N/c1-22-15-8-9-23-17(13-5-3-2-4-12(13)15)14-7-6-11(10-16(14)24)18(19,20)21;1-6-4-2-3-5-6/h2-8,10,22,24H,9H2,1H3;2-5H2,1H3. The van der Waals surface area contributed by atoms with Gasteiger partial charge < -0.3 is 15.3 Å². The van der Waals surface area contributed by atoms with Crippen molar-refractivity contribution < 1.29 is 18.3 Å². The first kappa shape index (κ1) is 21.9. The number of phenols is 1. The number of hydrogen-bond donors (Lipinski definition) is 2. The van der Waals surface area contributed by atoms with Crippen LogP contribution in [0.2, 0.25) is 0 Å². The number of phenolic OH excluding ortho intramolecular Hbond substituents is 1. The molecule has 2 aromatic carbocycles. The number of likely N-dealkylation sites (tertiary alicyclic amines) is 1. The van der Waals surface area contributed by atoms with Crippen molar-refractivity contribution in [2.45, 2.75) is 19.0 Å². The second-order valence-corrected chi connectivity index (χ2v) is 7.34. The molecule has 2 aromatic rings. The highest BCUT2D eigenvalue weighted by Crippen LogP contribution is 2.34. The second kappa shape index (κ2) is 9.34. The van der Waals surface area contributed by atoms with E-state index in [4.69, 9.17) is 0 Å². The van der Waals surface area contributed by atoms with Crippen molar-refractivity contribution in [2.75, 3.05) is 33.7 Å². The molecule has 1 saturated heterocycles. The van der Waals surface area contributed by atoms with Crippen LogP contribution in [-0.2, 0) is 6.18 Å². The van der Waals surface area contributed by atoms with E-state index in [9.17, 15) is 18.3 Å². The lowest BCUT2D eigenvalue weighted by molar-refractivity contribution is -0.137. The predicted octanol–water partition coefficient (Wildman–Crippen LogP) is 4.53. The number of benzene rings is 2. The van der Waals surface area contributed by atoms with Gasteiger partial charge in [-0.15, -0.1) is 0 Å². The molecule has 0 amide bonds. The van der Waals surface area contributed by atoms with Crippen LogP contribution < -0.4 is 5.32 Å². The van der Waals surface area contributed by atoms with Gasteiger partial charge in [-0.25, -0.2) is 0 Å². The molecule has 2 aliphatic rings. The zero-order valence-electron chi connectivity index (χ0n) is 17.1. The minimum Gasteiger partial charge on any atom is -0.507 e. The summed E-state index contributed by atoms with van der Waals surface area (Å²) < 4.78 is 38.4. The Balaban J connectivity index is 0.000000367. The summed E-state index contributed by atoms with van der Waals surface area (Å²) in [7, 11) is 3.97. The van der Waals surface area contributed by atoms with E-state index in [-0.39, 0.29) is 5.56 Å². The maximum atomic E-state index is 12.8. The molecule has 160 valence electrons. The van der Waals surface area contributed by atoms with Crippen molar-refractivity contribution >= 4 is 11.4 Å². The number of halogens is 3. The highest BCUT2D eigenvalue weighted by Gasteiger charge is 2.31. The molecular weight excluding hydrogens is 391 g/mol. The minimum absolute atomic E-state index is 0.279. The summed E-state index contributed by atoms with van der Waals surface area (Å²) in [5, 5.41) is 13.2. The van der Waals surface area contributed by atoms with Gasteiger partial charge in [-0.05, 0) is 57.3 Å². The highest BCUT2D eigenvalue weighted by molar-refractivity contribution is 6.17. The Labute approximate surface area is 174 Å². The number of hydrogen-bond acceptors (Lipinski definition) is 4. The summed E-state index contributed by atoms with van der Waals surface area (Å²) in [4.78, 5) is 6.81. The second-order valence-electron chi connectivity index (χ2n) is 7.34. The summed E-state index contributed by atoms with van der Waals surface area (Å²) >= 11 is 0. The quantitative estimate of drug-likeness (QED) is 0.755. The van der Waals surface area contributed by atoms with Crippen LogP contribution in [0.5, 0.6) is 5.75 Å². The first-order chi connectivity index (χ1) is 14.3. The van der Waals surface area contributed by atoms with Crippen molar-refractivity contribution in [3.05, 3.63) is 70.8 Å². The Hall–Kier alpha value is -2.80. The number of nitrogens with one attached hydrogen (secondary N) is 1. The Kier molecular flexibility index (Phi) is 6.82. The van der Waals surface area contributed by atoms with Crippen LogP contribution in [-0.4, -0.2) is 49.4 Å². The van der Waals surface area contributed by atoms with Gasteiger partial charge in [-0.3, -0.25) is 4.99 Å². The van der Waals surface area contributed by atoms with E-state index in [2.05, 4.69) is 22.3 Å². The average molecular weight is 417 g/mol. The maximum Gasteiger partial charge on any atom is 0.416 e. The SMILES string of the molecule is CN1CCCC1.CNC1=CCN=C(c2ccc(C(F)(F)F)cc2O)c2ccccc21. The molecule has 0 saturated carbocycles. The first-order valence-electron chi connectivity index (χ1n) is 9.92. The molecule has 7 heteroatoms. The van der Waals surface area contributed by atoms with Crippen molar-refractivity contribution in [3.63, 3.8) is 0 Å². The lowest BCUT2D eigenvalue weighted by Gasteiger charge is -2.15. The maximum absolute atomic E-state index is 12.8. The van der Waals surface area contributed by atoms with Crippen molar-refractivity contribution in [1.82, 2.24) is 10.2 Å². The molecule has 4 rings (SSSR count).